The minimum Gasteiger partial charge on any atom is -0.457 e. The number of rotatable bonds is 7. The number of hydrogen-bond acceptors (Lipinski definition) is 2. The van der Waals surface area contributed by atoms with Crippen LogP contribution in [0.25, 0.3) is 33.4 Å². The van der Waals surface area contributed by atoms with Gasteiger partial charge in [0.2, 0.25) is 0 Å². The molecule has 9 aromatic carbocycles. The lowest BCUT2D eigenvalue weighted by molar-refractivity contribution is 0.418. The third kappa shape index (κ3) is 5.63. The molecule has 1 aliphatic carbocycles. The highest BCUT2D eigenvalue weighted by molar-refractivity contribution is 5.88. The van der Waals surface area contributed by atoms with Gasteiger partial charge in [-0.15, -0.1) is 0 Å². The molecule has 60 heavy (non-hydrogen) atoms. The molecule has 0 unspecified atom stereocenters. The van der Waals surface area contributed by atoms with Crippen LogP contribution in [0.3, 0.4) is 0 Å². The minimum absolute atomic E-state index is 0.183. The summed E-state index contributed by atoms with van der Waals surface area (Å²) in [7, 11) is 0. The number of anilines is 3. The van der Waals surface area contributed by atoms with Gasteiger partial charge in [0.15, 0.2) is 0 Å². The van der Waals surface area contributed by atoms with Crippen LogP contribution in [0.15, 0.2) is 224 Å². The van der Waals surface area contributed by atoms with Crippen LogP contribution >= 0.6 is 0 Å². The van der Waals surface area contributed by atoms with Gasteiger partial charge in [-0.2, -0.15) is 0 Å². The maximum absolute atomic E-state index is 6.63. The molecule has 2 aliphatic rings. The van der Waals surface area contributed by atoms with E-state index in [1.54, 1.807) is 0 Å². The second-order valence-electron chi connectivity index (χ2n) is 16.5. The third-order valence-electron chi connectivity index (χ3n) is 12.8. The normalized spacial score (nSPS) is 13.9. The lowest BCUT2D eigenvalue weighted by Crippen LogP contribution is -2.28. The fourth-order valence-corrected chi connectivity index (χ4v) is 9.94. The molecule has 286 valence electrons. The van der Waals surface area contributed by atoms with E-state index in [4.69, 9.17) is 4.74 Å². The Morgan fingerprint density at radius 3 is 1.50 bits per heavy atom. The van der Waals surface area contributed by atoms with E-state index in [2.05, 4.69) is 243 Å². The predicted octanol–water partition coefficient (Wildman–Crippen LogP) is 15.3. The predicted molar refractivity (Wildman–Crippen MR) is 248 cm³/mol. The van der Waals surface area contributed by atoms with E-state index in [-0.39, 0.29) is 5.41 Å². The molecule has 0 radical (unpaired) electrons. The van der Waals surface area contributed by atoms with Gasteiger partial charge in [0, 0.05) is 33.6 Å². The lowest BCUT2D eigenvalue weighted by Gasteiger charge is -2.35. The molecule has 2 heteroatoms. The minimum atomic E-state index is -0.464. The Bertz CT molecular complexity index is 2980. The summed E-state index contributed by atoms with van der Waals surface area (Å²) < 4.78 is 6.63. The molecule has 2 nitrogen and oxygen atoms in total. The standard InChI is InChI=1S/C58H43NO/c1-57(2)53-28-16-17-29-55(53)60-56-39-41(30-35-54(56)57)43-36-42(40-18-6-3-7-19-40)37-48(38-43)59(46-22-10-5-11-23-46)47-33-31-45(32-34-47)58(44-20-8-4-9-21-44)51-26-14-12-24-49(51)50-25-13-15-27-52(50)58/h3-39H,1-2H3. The molecule has 0 N–H and O–H groups in total. The molecular weight excluding hydrogens is 727 g/mol. The Kier molecular flexibility index (Phi) is 8.42. The first kappa shape index (κ1) is 35.7. The van der Waals surface area contributed by atoms with Gasteiger partial charge >= 0.3 is 0 Å². The Balaban J connectivity index is 1.08. The van der Waals surface area contributed by atoms with E-state index < -0.39 is 5.41 Å². The van der Waals surface area contributed by atoms with Gasteiger partial charge in [-0.25, -0.2) is 0 Å². The smallest absolute Gasteiger partial charge is 0.132 e. The van der Waals surface area contributed by atoms with Crippen molar-refractivity contribution in [1.29, 1.82) is 0 Å². The van der Waals surface area contributed by atoms with Crippen molar-refractivity contribution in [2.24, 2.45) is 0 Å². The first-order valence-electron chi connectivity index (χ1n) is 20.8. The number of benzene rings is 9. The van der Waals surface area contributed by atoms with Gasteiger partial charge in [0.05, 0.1) is 5.41 Å². The molecule has 1 heterocycles. The third-order valence-corrected chi connectivity index (χ3v) is 12.8. The summed E-state index contributed by atoms with van der Waals surface area (Å²) in [5.74, 6) is 1.82. The highest BCUT2D eigenvalue weighted by atomic mass is 16.5. The number of hydrogen-bond donors (Lipinski definition) is 0. The van der Waals surface area contributed by atoms with Crippen molar-refractivity contribution in [3.8, 4) is 44.9 Å². The Hall–Kier alpha value is -7.42. The SMILES string of the molecule is CC1(C)c2ccccc2Oc2cc(-c3cc(-c4ccccc4)cc(N(c4ccccc4)c4ccc(C5(c6ccccc6)c6ccccc6-c6ccccc65)cc4)c3)ccc21. The van der Waals surface area contributed by atoms with Crippen molar-refractivity contribution in [2.45, 2.75) is 24.7 Å². The second-order valence-corrected chi connectivity index (χ2v) is 16.5. The highest BCUT2D eigenvalue weighted by Crippen LogP contribution is 2.56. The van der Waals surface area contributed by atoms with Crippen LogP contribution in [-0.2, 0) is 10.8 Å². The molecule has 0 bridgehead atoms. The van der Waals surface area contributed by atoms with Crippen LogP contribution in [0.4, 0.5) is 17.1 Å². The van der Waals surface area contributed by atoms with Crippen molar-refractivity contribution in [2.75, 3.05) is 4.90 Å². The zero-order chi connectivity index (χ0) is 40.3. The number of para-hydroxylation sites is 2. The monoisotopic (exact) mass is 769 g/mol. The van der Waals surface area contributed by atoms with E-state index in [9.17, 15) is 0 Å². The van der Waals surface area contributed by atoms with Crippen LogP contribution in [0.1, 0.15) is 47.2 Å². The van der Waals surface area contributed by atoms with Crippen LogP contribution in [0.2, 0.25) is 0 Å². The van der Waals surface area contributed by atoms with E-state index in [0.29, 0.717) is 0 Å². The molecule has 0 atom stereocenters. The maximum atomic E-state index is 6.63. The van der Waals surface area contributed by atoms with Gasteiger partial charge in [-0.05, 0) is 110 Å². The van der Waals surface area contributed by atoms with Gasteiger partial charge in [-0.3, -0.25) is 0 Å². The Morgan fingerprint density at radius 2 is 0.833 bits per heavy atom. The van der Waals surface area contributed by atoms with Gasteiger partial charge in [0.1, 0.15) is 11.5 Å². The van der Waals surface area contributed by atoms with E-state index in [1.165, 1.54) is 44.5 Å². The molecule has 0 fully saturated rings. The van der Waals surface area contributed by atoms with Crippen LogP contribution in [0.5, 0.6) is 11.5 Å². The highest BCUT2D eigenvalue weighted by Gasteiger charge is 2.45. The maximum Gasteiger partial charge on any atom is 0.132 e. The first-order valence-corrected chi connectivity index (χ1v) is 20.8. The Labute approximate surface area is 352 Å². The van der Waals surface area contributed by atoms with E-state index >= 15 is 0 Å². The molecule has 0 spiro atoms. The van der Waals surface area contributed by atoms with Crippen LogP contribution in [0, 0.1) is 0 Å². The number of ether oxygens (including phenoxy) is 1. The molecular formula is C58H43NO. The molecule has 11 rings (SSSR count). The van der Waals surface area contributed by atoms with Crippen molar-refractivity contribution in [1.82, 2.24) is 0 Å². The summed E-state index contributed by atoms with van der Waals surface area (Å²) in [6, 6.07) is 81.7. The van der Waals surface area contributed by atoms with Gasteiger partial charge in [-0.1, -0.05) is 184 Å². The van der Waals surface area contributed by atoms with Gasteiger partial charge < -0.3 is 9.64 Å². The van der Waals surface area contributed by atoms with Crippen LogP contribution in [-0.4, -0.2) is 0 Å². The fraction of sp³-hybridized carbons (Fsp3) is 0.0690. The largest absolute Gasteiger partial charge is 0.457 e. The zero-order valence-corrected chi connectivity index (χ0v) is 33.7. The fourth-order valence-electron chi connectivity index (χ4n) is 9.94. The summed E-state index contributed by atoms with van der Waals surface area (Å²) in [6.45, 7) is 4.58. The molecule has 0 saturated carbocycles. The number of nitrogens with zero attached hydrogens (tertiary/aromatic N) is 1. The van der Waals surface area contributed by atoms with Crippen LogP contribution < -0.4 is 9.64 Å². The van der Waals surface area contributed by atoms with Gasteiger partial charge in [0.25, 0.3) is 0 Å². The summed E-state index contributed by atoms with van der Waals surface area (Å²) in [6.07, 6.45) is 0. The van der Waals surface area contributed by atoms with Crippen molar-refractivity contribution in [3.63, 3.8) is 0 Å². The quantitative estimate of drug-likeness (QED) is 0.160. The van der Waals surface area contributed by atoms with E-state index in [1.807, 2.05) is 0 Å². The second kappa shape index (κ2) is 14.1. The summed E-state index contributed by atoms with van der Waals surface area (Å²) in [5.41, 5.74) is 17.2. The average Bonchev–Trinajstić information content (AvgIpc) is 3.61. The summed E-state index contributed by atoms with van der Waals surface area (Å²) >= 11 is 0. The first-order chi connectivity index (χ1) is 29.5. The molecule has 1 aliphatic heterocycles. The average molecular weight is 770 g/mol. The molecule has 0 aromatic heterocycles. The lowest BCUT2D eigenvalue weighted by atomic mass is 9.68. The van der Waals surface area contributed by atoms with Crippen molar-refractivity contribution < 1.29 is 4.74 Å². The molecule has 9 aromatic rings. The molecule has 0 saturated heterocycles. The van der Waals surface area contributed by atoms with E-state index in [0.717, 1.165) is 50.8 Å². The topological polar surface area (TPSA) is 12.5 Å². The zero-order valence-electron chi connectivity index (χ0n) is 33.7. The Morgan fingerprint density at radius 1 is 0.333 bits per heavy atom. The summed E-state index contributed by atoms with van der Waals surface area (Å²) in [4.78, 5) is 2.39. The van der Waals surface area contributed by atoms with Crippen molar-refractivity contribution >= 4 is 17.1 Å². The summed E-state index contributed by atoms with van der Waals surface area (Å²) in [5, 5.41) is 0. The number of fused-ring (bicyclic) bond motifs is 5. The molecule has 0 amide bonds. The van der Waals surface area contributed by atoms with Crippen molar-refractivity contribution in [3.05, 3.63) is 258 Å².